The molecular weight excluding hydrogens is 228 g/mol. The van der Waals surface area contributed by atoms with Crippen molar-refractivity contribution in [2.24, 2.45) is 0 Å². The zero-order valence-corrected chi connectivity index (χ0v) is 11.5. The summed E-state index contributed by atoms with van der Waals surface area (Å²) >= 11 is 0. The van der Waals surface area contributed by atoms with Gasteiger partial charge in [0.2, 0.25) is 0 Å². The normalized spacial score (nSPS) is 22.9. The van der Waals surface area contributed by atoms with Gasteiger partial charge in [-0.2, -0.15) is 17.0 Å². The van der Waals surface area contributed by atoms with Crippen LogP contribution in [0, 0.1) is 0 Å². The van der Waals surface area contributed by atoms with E-state index in [0.717, 1.165) is 0 Å². The van der Waals surface area contributed by atoms with Gasteiger partial charge in [-0.15, -0.1) is 0 Å². The third-order valence-electron chi connectivity index (χ3n) is 2.94. The number of ether oxygens (including phenoxy) is 1. The summed E-state index contributed by atoms with van der Waals surface area (Å²) in [6.45, 7) is 8.84. The van der Waals surface area contributed by atoms with Gasteiger partial charge in [-0.1, -0.05) is 0 Å². The van der Waals surface area contributed by atoms with Crippen molar-refractivity contribution in [3.8, 4) is 0 Å². The third-order valence-corrected chi connectivity index (χ3v) is 5.32. The molecule has 0 unspecified atom stereocenters. The lowest BCUT2D eigenvalue weighted by Gasteiger charge is -2.43. The topological polar surface area (TPSA) is 49.9 Å². The monoisotopic (exact) mass is 250 g/mol. The van der Waals surface area contributed by atoms with Crippen molar-refractivity contribution in [2.45, 2.75) is 39.3 Å². The fourth-order valence-electron chi connectivity index (χ4n) is 1.69. The van der Waals surface area contributed by atoms with E-state index >= 15 is 0 Å². The van der Waals surface area contributed by atoms with E-state index in [1.807, 2.05) is 27.7 Å². The molecule has 0 N–H and O–H groups in total. The maximum Gasteiger partial charge on any atom is 0.282 e. The average molecular weight is 250 g/mol. The van der Waals surface area contributed by atoms with Gasteiger partial charge in [-0.25, -0.2) is 0 Å². The van der Waals surface area contributed by atoms with Gasteiger partial charge in [0.25, 0.3) is 10.2 Å². The largest absolute Gasteiger partial charge is 0.378 e. The van der Waals surface area contributed by atoms with Crippen molar-refractivity contribution < 1.29 is 13.2 Å². The Morgan fingerprint density at radius 1 is 1.38 bits per heavy atom. The minimum atomic E-state index is -3.38. The summed E-state index contributed by atoms with van der Waals surface area (Å²) in [5.41, 5.74) is -0.472. The van der Waals surface area contributed by atoms with Crippen LogP contribution in [0.4, 0.5) is 0 Å². The highest BCUT2D eigenvalue weighted by Crippen LogP contribution is 2.24. The summed E-state index contributed by atoms with van der Waals surface area (Å²) in [5.74, 6) is 0. The van der Waals surface area contributed by atoms with Gasteiger partial charge in [0.05, 0.1) is 18.8 Å². The van der Waals surface area contributed by atoms with Crippen molar-refractivity contribution in [1.29, 1.82) is 0 Å². The molecule has 96 valence electrons. The first-order valence-corrected chi connectivity index (χ1v) is 6.93. The van der Waals surface area contributed by atoms with Gasteiger partial charge >= 0.3 is 0 Å². The van der Waals surface area contributed by atoms with Crippen LogP contribution < -0.4 is 0 Å². The van der Waals surface area contributed by atoms with Gasteiger partial charge in [0, 0.05) is 19.6 Å². The average Bonchev–Trinajstić information content (AvgIpc) is 2.15. The molecule has 0 aromatic carbocycles. The fourth-order valence-corrected chi connectivity index (χ4v) is 3.52. The summed E-state index contributed by atoms with van der Waals surface area (Å²) in [4.78, 5) is 0. The van der Waals surface area contributed by atoms with Crippen molar-refractivity contribution >= 4 is 10.2 Å². The molecule has 0 atom stereocenters. The predicted molar refractivity (Wildman–Crippen MR) is 63.4 cm³/mol. The molecule has 1 rings (SSSR count). The van der Waals surface area contributed by atoms with E-state index in [1.54, 1.807) is 7.05 Å². The molecular formula is C10H22N2O3S. The Hall–Kier alpha value is -0.170. The molecule has 1 saturated heterocycles. The van der Waals surface area contributed by atoms with Crippen LogP contribution in [0.2, 0.25) is 0 Å². The van der Waals surface area contributed by atoms with E-state index in [2.05, 4.69) is 0 Å². The van der Waals surface area contributed by atoms with Gasteiger partial charge in [0.15, 0.2) is 0 Å². The Balaban J connectivity index is 2.98. The van der Waals surface area contributed by atoms with E-state index in [0.29, 0.717) is 19.8 Å². The van der Waals surface area contributed by atoms with Crippen LogP contribution in [-0.4, -0.2) is 55.4 Å². The molecule has 5 nitrogen and oxygen atoms in total. The highest BCUT2D eigenvalue weighted by molar-refractivity contribution is 7.86. The van der Waals surface area contributed by atoms with E-state index < -0.39 is 15.7 Å². The first-order chi connectivity index (χ1) is 7.19. The Labute approximate surface area is 98.5 Å². The Bertz CT molecular complexity index is 338. The van der Waals surface area contributed by atoms with E-state index in [1.165, 1.54) is 8.61 Å². The van der Waals surface area contributed by atoms with E-state index in [4.69, 9.17) is 4.74 Å². The molecule has 1 fully saturated rings. The first-order valence-electron chi connectivity index (χ1n) is 5.53. The molecule has 0 saturated carbocycles. The Kier molecular flexibility index (Phi) is 3.99. The second-order valence-corrected chi connectivity index (χ2v) is 6.97. The molecule has 0 spiro atoms. The molecule has 0 aromatic heterocycles. The molecule has 0 aliphatic carbocycles. The highest BCUT2D eigenvalue weighted by Gasteiger charge is 2.41. The maximum absolute atomic E-state index is 12.3. The van der Waals surface area contributed by atoms with Crippen LogP contribution >= 0.6 is 0 Å². The van der Waals surface area contributed by atoms with E-state index in [9.17, 15) is 8.42 Å². The van der Waals surface area contributed by atoms with Gasteiger partial charge in [-0.3, -0.25) is 0 Å². The summed E-state index contributed by atoms with van der Waals surface area (Å²) in [7, 11) is -1.77. The summed E-state index contributed by atoms with van der Waals surface area (Å²) in [6, 6.07) is -0.0383. The molecule has 0 radical (unpaired) electrons. The Morgan fingerprint density at radius 3 is 2.38 bits per heavy atom. The molecule has 16 heavy (non-hydrogen) atoms. The second kappa shape index (κ2) is 4.60. The van der Waals surface area contributed by atoms with Crippen LogP contribution in [0.5, 0.6) is 0 Å². The quantitative estimate of drug-likeness (QED) is 0.740. The molecule has 1 aliphatic rings. The van der Waals surface area contributed by atoms with Crippen molar-refractivity contribution in [3.63, 3.8) is 0 Å². The minimum Gasteiger partial charge on any atom is -0.378 e. The number of hydrogen-bond donors (Lipinski definition) is 0. The zero-order chi connectivity index (χ0) is 12.6. The van der Waals surface area contributed by atoms with Gasteiger partial charge < -0.3 is 4.74 Å². The van der Waals surface area contributed by atoms with Crippen LogP contribution in [0.1, 0.15) is 27.7 Å². The second-order valence-electron chi connectivity index (χ2n) is 5.05. The van der Waals surface area contributed by atoms with Gasteiger partial charge in [0.1, 0.15) is 0 Å². The summed E-state index contributed by atoms with van der Waals surface area (Å²) in [5, 5.41) is 0. The maximum atomic E-state index is 12.3. The first kappa shape index (κ1) is 13.9. The number of nitrogens with zero attached hydrogens (tertiary/aromatic N) is 2. The van der Waals surface area contributed by atoms with Crippen molar-refractivity contribution in [1.82, 2.24) is 8.61 Å². The third kappa shape index (κ3) is 2.56. The molecule has 0 amide bonds. The number of morpholine rings is 1. The van der Waals surface area contributed by atoms with Crippen LogP contribution in [0.3, 0.4) is 0 Å². The zero-order valence-electron chi connectivity index (χ0n) is 10.7. The smallest absolute Gasteiger partial charge is 0.282 e. The van der Waals surface area contributed by atoms with Crippen molar-refractivity contribution in [3.05, 3.63) is 0 Å². The standard InChI is InChI=1S/C10H22N2O3S/c1-9(2)11(5)16(13,14)12-6-7-15-8-10(12,3)4/h9H,6-8H2,1-5H3. The fraction of sp³-hybridized carbons (Fsp3) is 1.00. The lowest BCUT2D eigenvalue weighted by atomic mass is 10.1. The van der Waals surface area contributed by atoms with Crippen LogP contribution in [0.15, 0.2) is 0 Å². The molecule has 1 heterocycles. The van der Waals surface area contributed by atoms with Crippen LogP contribution in [0.25, 0.3) is 0 Å². The lowest BCUT2D eigenvalue weighted by Crippen LogP contribution is -2.59. The molecule has 1 aliphatic heterocycles. The summed E-state index contributed by atoms with van der Waals surface area (Å²) in [6.07, 6.45) is 0. The van der Waals surface area contributed by atoms with Gasteiger partial charge in [-0.05, 0) is 27.7 Å². The van der Waals surface area contributed by atoms with E-state index in [-0.39, 0.29) is 6.04 Å². The van der Waals surface area contributed by atoms with Crippen LogP contribution in [-0.2, 0) is 14.9 Å². The lowest BCUT2D eigenvalue weighted by molar-refractivity contribution is -0.0105. The number of rotatable bonds is 3. The van der Waals surface area contributed by atoms with Crippen molar-refractivity contribution in [2.75, 3.05) is 26.8 Å². The molecule has 6 heteroatoms. The molecule has 0 bridgehead atoms. The number of hydrogen-bond acceptors (Lipinski definition) is 3. The highest BCUT2D eigenvalue weighted by atomic mass is 32.2. The Morgan fingerprint density at radius 2 is 1.94 bits per heavy atom. The summed E-state index contributed by atoms with van der Waals surface area (Å²) < 4.78 is 32.9. The SMILES string of the molecule is CC(C)N(C)S(=O)(=O)N1CCOCC1(C)C. The molecule has 0 aromatic rings. The predicted octanol–water partition coefficient (Wildman–Crippen LogP) is 0.682. The minimum absolute atomic E-state index is 0.0383.